The van der Waals surface area contributed by atoms with Crippen molar-refractivity contribution < 1.29 is 13.2 Å². The molecule has 148 valence electrons. The minimum atomic E-state index is -2.98. The number of anilines is 2. The summed E-state index contributed by atoms with van der Waals surface area (Å²) in [5, 5.41) is 0. The van der Waals surface area contributed by atoms with Crippen LogP contribution in [-0.2, 0) is 16.3 Å². The molecule has 2 aliphatic rings. The lowest BCUT2D eigenvalue weighted by Crippen LogP contribution is -2.37. The van der Waals surface area contributed by atoms with Crippen LogP contribution in [0, 0.1) is 0 Å². The predicted molar refractivity (Wildman–Crippen MR) is 111 cm³/mol. The van der Waals surface area contributed by atoms with Gasteiger partial charge >= 0.3 is 0 Å². The standard InChI is InChI=1S/C21H25N3O3S/c1-3-23(18-8-9-28(26,27)14-18)19-11-17(12-22-13-19)21(25)24-15(2)10-16-6-4-5-7-20(16)24/h4-7,11-13,15,18H,3,8-10,14H2,1-2H3. The highest BCUT2D eigenvalue weighted by molar-refractivity contribution is 7.91. The van der Waals surface area contributed by atoms with Gasteiger partial charge < -0.3 is 9.80 Å². The van der Waals surface area contributed by atoms with Crippen LogP contribution in [0.5, 0.6) is 0 Å². The Balaban J connectivity index is 1.63. The second-order valence-electron chi connectivity index (χ2n) is 7.63. The molecule has 2 aromatic rings. The van der Waals surface area contributed by atoms with Crippen molar-refractivity contribution in [2.75, 3.05) is 27.9 Å². The number of aromatic nitrogens is 1. The van der Waals surface area contributed by atoms with Crippen molar-refractivity contribution in [1.82, 2.24) is 4.98 Å². The van der Waals surface area contributed by atoms with Gasteiger partial charge in [-0.1, -0.05) is 18.2 Å². The molecule has 0 spiro atoms. The van der Waals surface area contributed by atoms with Crippen LogP contribution in [-0.4, -0.2) is 49.4 Å². The number of carbonyl (C=O) groups is 1. The first-order valence-electron chi connectivity index (χ1n) is 9.73. The number of rotatable bonds is 4. The van der Waals surface area contributed by atoms with Crippen LogP contribution in [0.25, 0.3) is 0 Å². The van der Waals surface area contributed by atoms with E-state index < -0.39 is 9.84 Å². The second-order valence-corrected chi connectivity index (χ2v) is 9.86. The Morgan fingerprint density at radius 3 is 2.79 bits per heavy atom. The van der Waals surface area contributed by atoms with E-state index >= 15 is 0 Å². The number of para-hydroxylation sites is 1. The van der Waals surface area contributed by atoms with Gasteiger partial charge in [-0.05, 0) is 44.4 Å². The minimum absolute atomic E-state index is 0.0615. The van der Waals surface area contributed by atoms with Crippen LogP contribution in [0.4, 0.5) is 11.4 Å². The van der Waals surface area contributed by atoms with E-state index in [2.05, 4.69) is 22.9 Å². The largest absolute Gasteiger partial charge is 0.367 e. The average Bonchev–Trinajstić information content (AvgIpc) is 3.20. The molecule has 1 aromatic carbocycles. The van der Waals surface area contributed by atoms with Crippen molar-refractivity contribution in [3.05, 3.63) is 53.9 Å². The maximum atomic E-state index is 13.3. The molecular formula is C21H25N3O3S. The molecule has 0 radical (unpaired) electrons. The van der Waals surface area contributed by atoms with E-state index in [9.17, 15) is 13.2 Å². The van der Waals surface area contributed by atoms with Crippen molar-refractivity contribution in [1.29, 1.82) is 0 Å². The molecule has 28 heavy (non-hydrogen) atoms. The third-order valence-corrected chi connectivity index (χ3v) is 7.47. The molecular weight excluding hydrogens is 374 g/mol. The number of carbonyl (C=O) groups excluding carboxylic acids is 1. The number of sulfone groups is 1. The van der Waals surface area contributed by atoms with Crippen LogP contribution in [0.2, 0.25) is 0 Å². The smallest absolute Gasteiger partial charge is 0.260 e. The maximum absolute atomic E-state index is 13.3. The van der Waals surface area contributed by atoms with Gasteiger partial charge in [0.25, 0.3) is 5.91 Å². The molecule has 1 saturated heterocycles. The van der Waals surface area contributed by atoms with Crippen molar-refractivity contribution in [2.24, 2.45) is 0 Å². The molecule has 3 heterocycles. The van der Waals surface area contributed by atoms with Gasteiger partial charge in [-0.2, -0.15) is 0 Å². The summed E-state index contributed by atoms with van der Waals surface area (Å²) in [5.74, 6) is 0.319. The fourth-order valence-corrected chi connectivity index (χ4v) is 6.12. The summed E-state index contributed by atoms with van der Waals surface area (Å²) in [4.78, 5) is 21.5. The monoisotopic (exact) mass is 399 g/mol. The average molecular weight is 400 g/mol. The molecule has 1 aromatic heterocycles. The summed E-state index contributed by atoms with van der Waals surface area (Å²) in [6.45, 7) is 4.72. The van der Waals surface area contributed by atoms with Crippen molar-refractivity contribution in [3.63, 3.8) is 0 Å². The first-order chi connectivity index (χ1) is 13.4. The molecule has 0 bridgehead atoms. The van der Waals surface area contributed by atoms with E-state index in [1.54, 1.807) is 12.4 Å². The summed E-state index contributed by atoms with van der Waals surface area (Å²) < 4.78 is 23.8. The molecule has 7 heteroatoms. The molecule has 2 aliphatic heterocycles. The topological polar surface area (TPSA) is 70.6 Å². The van der Waals surface area contributed by atoms with Crippen LogP contribution in [0.1, 0.15) is 36.2 Å². The number of fused-ring (bicyclic) bond motifs is 1. The Morgan fingerprint density at radius 1 is 1.29 bits per heavy atom. The number of benzene rings is 1. The quantitative estimate of drug-likeness (QED) is 0.791. The summed E-state index contributed by atoms with van der Waals surface area (Å²) in [6.07, 6.45) is 4.77. The third-order valence-electron chi connectivity index (χ3n) is 5.72. The van der Waals surface area contributed by atoms with Gasteiger partial charge in [0.2, 0.25) is 0 Å². The Kier molecular flexibility index (Phi) is 4.87. The molecule has 4 rings (SSSR count). The van der Waals surface area contributed by atoms with Gasteiger partial charge in [-0.25, -0.2) is 8.42 Å². The summed E-state index contributed by atoms with van der Waals surface area (Å²) in [7, 11) is -2.98. The number of hydrogen-bond acceptors (Lipinski definition) is 5. The third kappa shape index (κ3) is 3.39. The van der Waals surface area contributed by atoms with Crippen molar-refractivity contribution in [2.45, 2.75) is 38.8 Å². The molecule has 0 N–H and O–H groups in total. The predicted octanol–water partition coefficient (Wildman–Crippen LogP) is 2.69. The van der Waals surface area contributed by atoms with Gasteiger partial charge in [0, 0.05) is 30.5 Å². The lowest BCUT2D eigenvalue weighted by molar-refractivity contribution is 0.0981. The summed E-state index contributed by atoms with van der Waals surface area (Å²) in [5.41, 5.74) is 3.47. The Labute approximate surface area is 166 Å². The highest BCUT2D eigenvalue weighted by Crippen LogP contribution is 2.33. The minimum Gasteiger partial charge on any atom is -0.367 e. The molecule has 6 nitrogen and oxygen atoms in total. The van der Waals surface area contributed by atoms with Gasteiger partial charge in [0.15, 0.2) is 9.84 Å². The number of amides is 1. The normalized spacial score (nSPS) is 22.9. The van der Waals surface area contributed by atoms with Gasteiger partial charge in [0.05, 0.1) is 29.0 Å². The lowest BCUT2D eigenvalue weighted by atomic mass is 10.1. The van der Waals surface area contributed by atoms with Crippen LogP contribution in [0.15, 0.2) is 42.7 Å². The number of pyridine rings is 1. The molecule has 0 saturated carbocycles. The van der Waals surface area contributed by atoms with Crippen molar-refractivity contribution >= 4 is 27.1 Å². The maximum Gasteiger partial charge on any atom is 0.260 e. The molecule has 0 aliphatic carbocycles. The first kappa shape index (κ1) is 18.9. The molecule has 1 fully saturated rings. The van der Waals surface area contributed by atoms with Crippen LogP contribution >= 0.6 is 0 Å². The number of hydrogen-bond donors (Lipinski definition) is 0. The second kappa shape index (κ2) is 7.20. The highest BCUT2D eigenvalue weighted by atomic mass is 32.2. The molecule has 2 unspecified atom stereocenters. The number of nitrogens with zero attached hydrogens (tertiary/aromatic N) is 3. The van der Waals surface area contributed by atoms with E-state index in [4.69, 9.17) is 0 Å². The Bertz CT molecular complexity index is 1010. The molecule has 1 amide bonds. The summed E-state index contributed by atoms with van der Waals surface area (Å²) >= 11 is 0. The summed E-state index contributed by atoms with van der Waals surface area (Å²) in [6, 6.07) is 9.87. The van der Waals surface area contributed by atoms with Crippen molar-refractivity contribution in [3.8, 4) is 0 Å². The van der Waals surface area contributed by atoms with E-state index in [1.807, 2.05) is 36.1 Å². The van der Waals surface area contributed by atoms with E-state index in [1.165, 1.54) is 5.56 Å². The highest BCUT2D eigenvalue weighted by Gasteiger charge is 2.34. The van der Waals surface area contributed by atoms with E-state index in [0.29, 0.717) is 18.5 Å². The fourth-order valence-electron chi connectivity index (χ4n) is 4.39. The van der Waals surface area contributed by atoms with Crippen LogP contribution < -0.4 is 9.80 Å². The zero-order chi connectivity index (χ0) is 19.9. The zero-order valence-corrected chi connectivity index (χ0v) is 17.0. The zero-order valence-electron chi connectivity index (χ0n) is 16.2. The van der Waals surface area contributed by atoms with Gasteiger partial charge in [0.1, 0.15) is 0 Å². The Morgan fingerprint density at radius 2 is 2.07 bits per heavy atom. The van der Waals surface area contributed by atoms with Gasteiger partial charge in [-0.3, -0.25) is 9.78 Å². The SMILES string of the molecule is CCN(c1cncc(C(=O)N2c3ccccc3CC2C)c1)C1CCS(=O)(=O)C1. The van der Waals surface area contributed by atoms with Crippen LogP contribution in [0.3, 0.4) is 0 Å². The van der Waals surface area contributed by atoms with Gasteiger partial charge in [-0.15, -0.1) is 0 Å². The van der Waals surface area contributed by atoms with E-state index in [-0.39, 0.29) is 29.5 Å². The fraction of sp³-hybridized carbons (Fsp3) is 0.429. The Hall–Kier alpha value is -2.41. The first-order valence-corrected chi connectivity index (χ1v) is 11.6. The van der Waals surface area contributed by atoms with E-state index in [0.717, 1.165) is 17.8 Å². The molecule has 2 atom stereocenters. The lowest BCUT2D eigenvalue weighted by Gasteiger charge is -2.29.